The zero-order valence-electron chi connectivity index (χ0n) is 35.8. The Morgan fingerprint density at radius 3 is 2.42 bits per heavy atom. The number of aromatic hydroxyl groups is 1. The molecule has 0 spiro atoms. The number of H-pyrrole nitrogens is 1. The number of hydrogen-bond donors (Lipinski definition) is 5. The zero-order chi connectivity index (χ0) is 45.3. The van der Waals surface area contributed by atoms with Gasteiger partial charge in [0.25, 0.3) is 0 Å². The van der Waals surface area contributed by atoms with Crippen molar-refractivity contribution in [1.82, 2.24) is 20.5 Å². The number of amides is 1. The van der Waals surface area contributed by atoms with Crippen LogP contribution in [0, 0.1) is 5.92 Å². The third kappa shape index (κ3) is 11.2. The minimum Gasteiger partial charge on any atom is -0.506 e. The number of aliphatic hydroxyl groups is 1. The van der Waals surface area contributed by atoms with Gasteiger partial charge in [-0.05, 0) is 96.6 Å². The average molecular weight is 903 g/mol. The number of methoxy groups -OCH3 is 1. The number of benzene rings is 5. The van der Waals surface area contributed by atoms with Crippen LogP contribution < -0.4 is 30.4 Å². The lowest BCUT2D eigenvalue weighted by molar-refractivity contribution is -0.0336. The van der Waals surface area contributed by atoms with Crippen molar-refractivity contribution in [2.45, 2.75) is 44.2 Å². The molecule has 3 saturated heterocycles. The number of rotatable bonds is 18. The van der Waals surface area contributed by atoms with E-state index in [1.807, 2.05) is 54.6 Å². The minimum absolute atomic E-state index is 0.0318. The molecular weight excluding hydrogens is 852 g/mol. The van der Waals surface area contributed by atoms with Crippen LogP contribution in [0.25, 0.3) is 10.9 Å². The molecule has 1 amide bonds. The van der Waals surface area contributed by atoms with Gasteiger partial charge in [-0.2, -0.15) is 0 Å². The van der Waals surface area contributed by atoms with E-state index in [1.165, 1.54) is 19.2 Å². The Morgan fingerprint density at radius 2 is 1.66 bits per heavy atom. The first-order valence-corrected chi connectivity index (χ1v) is 22.0. The highest BCUT2D eigenvalue weighted by Crippen LogP contribution is 2.34. The quantitative estimate of drug-likeness (QED) is 0.0426. The second-order valence-electron chi connectivity index (χ2n) is 16.1. The molecule has 0 radical (unpaired) electrons. The largest absolute Gasteiger partial charge is 0.506 e. The van der Waals surface area contributed by atoms with Crippen molar-refractivity contribution in [3.8, 4) is 23.0 Å². The number of aliphatic hydroxyl groups excluding tert-OH is 1. The molecule has 4 heterocycles. The lowest BCUT2D eigenvalue weighted by Gasteiger charge is -2.43. The number of carbonyl (C=O) groups excluding carboxylic acids is 2. The highest BCUT2D eigenvalue weighted by Gasteiger charge is 2.37. The van der Waals surface area contributed by atoms with Crippen LogP contribution in [0.3, 0.4) is 0 Å². The van der Waals surface area contributed by atoms with Gasteiger partial charge in [-0.3, -0.25) is 9.69 Å². The maximum absolute atomic E-state index is 13.3. The van der Waals surface area contributed by atoms with E-state index in [1.54, 1.807) is 48.5 Å². The Bertz CT molecular complexity index is 2650. The number of carbonyl (C=O) groups is 2. The van der Waals surface area contributed by atoms with Crippen LogP contribution in [0.1, 0.15) is 63.2 Å². The SMILES string of the molecule is COc1cc(OCCOC(=O)c2ccc(COc3cccc(C(NC(=O)O[C@H]4CN5CCC4CC5)c4ccccc4)c3)cc2)c(Cl)cc1CNC[C@@H](O)c1ccc(O)c2[nH]c(=O)ccc12. The van der Waals surface area contributed by atoms with E-state index in [-0.39, 0.29) is 49.3 Å². The van der Waals surface area contributed by atoms with Crippen LogP contribution in [-0.2, 0) is 22.6 Å². The van der Waals surface area contributed by atoms with Gasteiger partial charge < -0.3 is 49.5 Å². The molecule has 0 saturated carbocycles. The summed E-state index contributed by atoms with van der Waals surface area (Å²) in [5, 5.41) is 28.3. The van der Waals surface area contributed by atoms with Crippen LogP contribution in [0.15, 0.2) is 120 Å². The molecule has 1 aromatic heterocycles. The maximum atomic E-state index is 13.3. The fourth-order valence-electron chi connectivity index (χ4n) is 8.41. The van der Waals surface area contributed by atoms with Gasteiger partial charge in [-0.25, -0.2) is 9.59 Å². The lowest BCUT2D eigenvalue weighted by Crippen LogP contribution is -2.52. The number of pyridine rings is 1. The molecule has 3 aliphatic rings. The van der Waals surface area contributed by atoms with E-state index < -0.39 is 24.2 Å². The molecule has 1 unspecified atom stereocenters. The number of alkyl carbamates (subject to hydrolysis) is 1. The van der Waals surface area contributed by atoms with Crippen LogP contribution in [0.2, 0.25) is 5.02 Å². The van der Waals surface area contributed by atoms with Gasteiger partial charge in [0.2, 0.25) is 5.56 Å². The standard InChI is InChI=1S/C50H51ClN4O10/c1-61-43-26-44(40(51)25-36(43)27-52-28-42(57)38-14-16-41(56)48-39(38)15-17-46(58)53-48)62-22-23-63-49(59)34-12-10-31(11-13-34)30-64-37-9-5-8-35(24-37)47(33-6-3-2-4-7-33)54-50(60)65-45-29-55-20-18-32(45)19-21-55/h2-17,24-26,32,42,45,47,52,56-57H,18-23,27-30H2,1H3,(H,53,58)(H,54,60)/t42-,45+,47?/m1/s1. The van der Waals surface area contributed by atoms with Crippen LogP contribution in [0.4, 0.5) is 4.79 Å². The third-order valence-electron chi connectivity index (χ3n) is 11.9. The second-order valence-corrected chi connectivity index (χ2v) is 16.5. The summed E-state index contributed by atoms with van der Waals surface area (Å²) in [4.78, 5) is 42.9. The van der Waals surface area contributed by atoms with Crippen molar-refractivity contribution in [1.29, 1.82) is 0 Å². The second kappa shape index (κ2) is 20.9. The monoisotopic (exact) mass is 902 g/mol. The van der Waals surface area contributed by atoms with Gasteiger partial charge in [0, 0.05) is 42.7 Å². The first kappa shape index (κ1) is 45.0. The first-order chi connectivity index (χ1) is 31.6. The minimum atomic E-state index is -0.945. The number of nitrogens with zero attached hydrogens (tertiary/aromatic N) is 1. The Balaban J connectivity index is 0.794. The number of phenols is 1. The molecular formula is C50H51ClN4O10. The van der Waals surface area contributed by atoms with Gasteiger partial charge in [0.05, 0.1) is 35.4 Å². The number of ether oxygens (including phenoxy) is 5. The number of fused-ring (bicyclic) bond motifs is 4. The Hall–Kier alpha value is -6.58. The van der Waals surface area contributed by atoms with Gasteiger partial charge in [-0.15, -0.1) is 0 Å². The molecule has 3 fully saturated rings. The van der Waals surface area contributed by atoms with Crippen molar-refractivity contribution < 1.29 is 43.5 Å². The van der Waals surface area contributed by atoms with E-state index >= 15 is 0 Å². The van der Waals surface area contributed by atoms with E-state index in [9.17, 15) is 24.6 Å². The maximum Gasteiger partial charge on any atom is 0.408 e. The number of phenolic OH excluding ortho intramolecular Hbond substituents is 1. The number of hydrogen-bond acceptors (Lipinski definition) is 12. The average Bonchev–Trinajstić information content (AvgIpc) is 3.33. The number of aromatic nitrogens is 1. The Kier molecular flexibility index (Phi) is 14.5. The van der Waals surface area contributed by atoms with Crippen molar-refractivity contribution >= 4 is 34.6 Å². The summed E-state index contributed by atoms with van der Waals surface area (Å²) in [6, 6.07) is 33.2. The molecule has 3 aliphatic heterocycles. The number of esters is 1. The molecule has 15 heteroatoms. The van der Waals surface area contributed by atoms with E-state index in [0.717, 1.165) is 49.2 Å². The normalized spacial score (nSPS) is 17.5. The lowest BCUT2D eigenvalue weighted by atomic mass is 9.86. The molecule has 5 aromatic carbocycles. The predicted molar refractivity (Wildman–Crippen MR) is 245 cm³/mol. The molecule has 0 aliphatic carbocycles. The van der Waals surface area contributed by atoms with E-state index in [0.29, 0.717) is 56.8 Å². The van der Waals surface area contributed by atoms with Gasteiger partial charge in [0.15, 0.2) is 0 Å². The molecule has 5 N–H and O–H groups in total. The van der Waals surface area contributed by atoms with E-state index in [4.69, 9.17) is 35.3 Å². The molecule has 3 atom stereocenters. The third-order valence-corrected chi connectivity index (χ3v) is 12.2. The number of aromatic amines is 1. The molecule has 65 heavy (non-hydrogen) atoms. The molecule has 6 aromatic rings. The van der Waals surface area contributed by atoms with Gasteiger partial charge >= 0.3 is 12.1 Å². The van der Waals surface area contributed by atoms with Gasteiger partial charge in [0.1, 0.15) is 48.9 Å². The first-order valence-electron chi connectivity index (χ1n) is 21.6. The summed E-state index contributed by atoms with van der Waals surface area (Å²) in [6.45, 7) is 3.63. The zero-order valence-corrected chi connectivity index (χ0v) is 36.6. The molecule has 2 bridgehead atoms. The molecule has 14 nitrogen and oxygen atoms in total. The Labute approximate surface area is 381 Å². The smallest absolute Gasteiger partial charge is 0.408 e. The summed E-state index contributed by atoms with van der Waals surface area (Å²) in [7, 11) is 1.52. The number of piperidine rings is 3. The highest BCUT2D eigenvalue weighted by atomic mass is 35.5. The van der Waals surface area contributed by atoms with Crippen molar-refractivity contribution in [2.75, 3.05) is 46.5 Å². The van der Waals surface area contributed by atoms with Crippen molar-refractivity contribution in [2.24, 2.45) is 5.92 Å². The summed E-state index contributed by atoms with van der Waals surface area (Å²) < 4.78 is 29.0. The molecule has 338 valence electrons. The fraction of sp³-hybridized carbons (Fsp3) is 0.300. The van der Waals surface area contributed by atoms with Crippen LogP contribution >= 0.6 is 11.6 Å². The summed E-state index contributed by atoms with van der Waals surface area (Å²) in [6.07, 6.45) is 0.629. The van der Waals surface area contributed by atoms with Gasteiger partial charge in [-0.1, -0.05) is 72.3 Å². The van der Waals surface area contributed by atoms with Crippen molar-refractivity contribution in [3.63, 3.8) is 0 Å². The summed E-state index contributed by atoms with van der Waals surface area (Å²) >= 11 is 6.56. The number of nitrogens with one attached hydrogen (secondary N) is 3. The summed E-state index contributed by atoms with van der Waals surface area (Å²) in [5.74, 6) is 1.28. The summed E-state index contributed by atoms with van der Waals surface area (Å²) in [5.41, 5.74) is 4.14. The topological polar surface area (TPSA) is 181 Å². The Morgan fingerprint density at radius 1 is 0.877 bits per heavy atom. The van der Waals surface area contributed by atoms with Crippen molar-refractivity contribution in [3.05, 3.63) is 164 Å². The van der Waals surface area contributed by atoms with Crippen LogP contribution in [0.5, 0.6) is 23.0 Å². The fourth-order valence-corrected chi connectivity index (χ4v) is 8.65. The number of halogens is 1. The van der Waals surface area contributed by atoms with E-state index in [2.05, 4.69) is 20.5 Å². The molecule has 9 rings (SSSR count). The predicted octanol–water partition coefficient (Wildman–Crippen LogP) is 7.44. The highest BCUT2D eigenvalue weighted by molar-refractivity contribution is 6.32. The van der Waals surface area contributed by atoms with Crippen LogP contribution in [-0.4, -0.2) is 84.8 Å².